The summed E-state index contributed by atoms with van der Waals surface area (Å²) < 4.78 is 4.73. The lowest BCUT2D eigenvalue weighted by molar-refractivity contribution is -0.144. The number of esters is 1. The van der Waals surface area contributed by atoms with E-state index in [-0.39, 0.29) is 41.4 Å². The van der Waals surface area contributed by atoms with Crippen molar-refractivity contribution in [3.8, 4) is 0 Å². The van der Waals surface area contributed by atoms with Crippen LogP contribution in [0.2, 0.25) is 0 Å². The van der Waals surface area contributed by atoms with Crippen molar-refractivity contribution in [1.82, 2.24) is 15.5 Å². The van der Waals surface area contributed by atoms with E-state index in [4.69, 9.17) is 4.74 Å². The van der Waals surface area contributed by atoms with Crippen molar-refractivity contribution in [3.05, 3.63) is 0 Å². The van der Waals surface area contributed by atoms with Gasteiger partial charge < -0.3 is 15.4 Å². The van der Waals surface area contributed by atoms with E-state index >= 15 is 0 Å². The molecule has 1 atom stereocenters. The zero-order valence-corrected chi connectivity index (χ0v) is 17.5. The molecule has 0 saturated carbocycles. The molecule has 0 aromatic carbocycles. The minimum Gasteiger partial charge on any atom is -0.469 e. The standard InChI is InChI=1S/C16H32N4O2.HI/c1-13(14(21)22-5)11-18-15(17-4)19-12-16(2,3)20-9-7-6-8-10-20;/h13H,6-12H2,1-5H3,(H2,17,18,19);1H. The van der Waals surface area contributed by atoms with Gasteiger partial charge in [0.15, 0.2) is 5.96 Å². The number of rotatable bonds is 6. The molecule has 0 aromatic rings. The first-order valence-corrected chi connectivity index (χ1v) is 8.18. The molecule has 1 heterocycles. The highest BCUT2D eigenvalue weighted by molar-refractivity contribution is 14.0. The van der Waals surface area contributed by atoms with Crippen LogP contribution in [0.25, 0.3) is 0 Å². The minimum absolute atomic E-state index is 0. The molecule has 0 spiro atoms. The molecule has 1 unspecified atom stereocenters. The molecule has 1 aliphatic rings. The monoisotopic (exact) mass is 440 g/mol. The van der Waals surface area contributed by atoms with Gasteiger partial charge in [-0.3, -0.25) is 14.7 Å². The molecule has 136 valence electrons. The van der Waals surface area contributed by atoms with E-state index in [2.05, 4.69) is 34.4 Å². The molecule has 0 aromatic heterocycles. The minimum atomic E-state index is -0.211. The second kappa shape index (κ2) is 11.1. The van der Waals surface area contributed by atoms with Crippen LogP contribution in [0.3, 0.4) is 0 Å². The molecule has 0 amide bonds. The number of carbonyl (C=O) groups excluding carboxylic acids is 1. The molecular formula is C16H33IN4O2. The van der Waals surface area contributed by atoms with Crippen LogP contribution in [0, 0.1) is 5.92 Å². The van der Waals surface area contributed by atoms with E-state index in [1.807, 2.05) is 6.92 Å². The van der Waals surface area contributed by atoms with Gasteiger partial charge in [0.25, 0.3) is 0 Å². The third-order valence-corrected chi connectivity index (χ3v) is 4.30. The van der Waals surface area contributed by atoms with Gasteiger partial charge in [0, 0.05) is 25.7 Å². The quantitative estimate of drug-likeness (QED) is 0.286. The second-order valence-corrected chi connectivity index (χ2v) is 6.59. The van der Waals surface area contributed by atoms with Crippen LogP contribution in [0.4, 0.5) is 0 Å². The molecule has 7 heteroatoms. The van der Waals surface area contributed by atoms with Crippen LogP contribution >= 0.6 is 24.0 Å². The average Bonchev–Trinajstić information content (AvgIpc) is 2.54. The van der Waals surface area contributed by atoms with Gasteiger partial charge in [-0.25, -0.2) is 0 Å². The first-order chi connectivity index (χ1) is 10.4. The lowest BCUT2D eigenvalue weighted by Crippen LogP contribution is -2.55. The van der Waals surface area contributed by atoms with Gasteiger partial charge in [-0.15, -0.1) is 24.0 Å². The summed E-state index contributed by atoms with van der Waals surface area (Å²) >= 11 is 0. The number of ether oxygens (including phenoxy) is 1. The molecule has 23 heavy (non-hydrogen) atoms. The number of likely N-dealkylation sites (tertiary alicyclic amines) is 1. The normalized spacial score (nSPS) is 17.9. The Balaban J connectivity index is 0.00000484. The Kier molecular flexibility index (Phi) is 10.8. The fourth-order valence-corrected chi connectivity index (χ4v) is 2.67. The van der Waals surface area contributed by atoms with Crippen LogP contribution in [0.1, 0.15) is 40.0 Å². The summed E-state index contributed by atoms with van der Waals surface area (Å²) in [5.41, 5.74) is 0.0893. The second-order valence-electron chi connectivity index (χ2n) is 6.59. The van der Waals surface area contributed by atoms with Crippen molar-refractivity contribution in [2.24, 2.45) is 10.9 Å². The fraction of sp³-hybridized carbons (Fsp3) is 0.875. The molecule has 1 rings (SSSR count). The van der Waals surface area contributed by atoms with Gasteiger partial charge in [0.1, 0.15) is 0 Å². The molecule has 1 saturated heterocycles. The molecule has 0 bridgehead atoms. The van der Waals surface area contributed by atoms with E-state index in [1.165, 1.54) is 39.5 Å². The highest BCUT2D eigenvalue weighted by Crippen LogP contribution is 2.19. The Bertz CT molecular complexity index is 382. The first kappa shape index (κ1) is 22.4. The largest absolute Gasteiger partial charge is 0.469 e. The van der Waals surface area contributed by atoms with Gasteiger partial charge in [-0.1, -0.05) is 13.3 Å². The van der Waals surface area contributed by atoms with Gasteiger partial charge in [-0.2, -0.15) is 0 Å². The molecule has 1 aliphatic heterocycles. The van der Waals surface area contributed by atoms with Crippen molar-refractivity contribution in [2.75, 3.05) is 40.3 Å². The van der Waals surface area contributed by atoms with Crippen molar-refractivity contribution in [2.45, 2.75) is 45.6 Å². The number of hydrogen-bond donors (Lipinski definition) is 2. The highest BCUT2D eigenvalue weighted by Gasteiger charge is 2.28. The van der Waals surface area contributed by atoms with Gasteiger partial charge in [0.2, 0.25) is 0 Å². The Morgan fingerprint density at radius 3 is 2.39 bits per heavy atom. The Labute approximate surface area is 157 Å². The maximum Gasteiger partial charge on any atom is 0.310 e. The van der Waals surface area contributed by atoms with E-state index in [0.717, 1.165) is 12.5 Å². The summed E-state index contributed by atoms with van der Waals surface area (Å²) in [7, 11) is 3.15. The van der Waals surface area contributed by atoms with E-state index in [0.29, 0.717) is 6.54 Å². The highest BCUT2D eigenvalue weighted by atomic mass is 127. The van der Waals surface area contributed by atoms with Crippen LogP contribution in [-0.4, -0.2) is 62.7 Å². The summed E-state index contributed by atoms with van der Waals surface area (Å²) in [5.74, 6) is 0.316. The Morgan fingerprint density at radius 2 is 1.87 bits per heavy atom. The van der Waals surface area contributed by atoms with Gasteiger partial charge in [0.05, 0.1) is 13.0 Å². The Morgan fingerprint density at radius 1 is 1.26 bits per heavy atom. The lowest BCUT2D eigenvalue weighted by atomic mass is 9.98. The maximum atomic E-state index is 11.4. The number of methoxy groups -OCH3 is 1. The molecule has 1 fully saturated rings. The average molecular weight is 440 g/mol. The summed E-state index contributed by atoms with van der Waals surface area (Å²) in [6.45, 7) is 10.0. The predicted octanol–water partition coefficient (Wildman–Crippen LogP) is 1.84. The number of hydrogen-bond acceptors (Lipinski definition) is 4. The summed E-state index contributed by atoms with van der Waals surface area (Å²) in [5, 5.41) is 6.54. The summed E-state index contributed by atoms with van der Waals surface area (Å²) in [4.78, 5) is 18.2. The SMILES string of the molecule is CN=C(NCC(C)C(=O)OC)NCC(C)(C)N1CCCCC1.I. The summed E-state index contributed by atoms with van der Waals surface area (Å²) in [6, 6.07) is 0. The van der Waals surface area contributed by atoms with E-state index < -0.39 is 0 Å². The lowest BCUT2D eigenvalue weighted by Gasteiger charge is -2.41. The number of aliphatic imine (C=N–C) groups is 1. The smallest absolute Gasteiger partial charge is 0.310 e. The first-order valence-electron chi connectivity index (χ1n) is 8.18. The van der Waals surface area contributed by atoms with E-state index in [1.54, 1.807) is 7.05 Å². The summed E-state index contributed by atoms with van der Waals surface area (Å²) in [6.07, 6.45) is 3.91. The zero-order chi connectivity index (χ0) is 16.6. The number of guanidine groups is 1. The number of halogens is 1. The van der Waals surface area contributed by atoms with Crippen LogP contribution < -0.4 is 10.6 Å². The van der Waals surface area contributed by atoms with Crippen LogP contribution in [-0.2, 0) is 9.53 Å². The van der Waals surface area contributed by atoms with E-state index in [9.17, 15) is 4.79 Å². The third kappa shape index (κ3) is 7.69. The van der Waals surface area contributed by atoms with Crippen molar-refractivity contribution < 1.29 is 9.53 Å². The molecule has 0 radical (unpaired) electrons. The number of carbonyl (C=O) groups is 1. The zero-order valence-electron chi connectivity index (χ0n) is 15.1. The van der Waals surface area contributed by atoms with Crippen molar-refractivity contribution in [1.29, 1.82) is 0 Å². The molecular weight excluding hydrogens is 407 g/mol. The number of nitrogens with zero attached hydrogens (tertiary/aromatic N) is 2. The Hall–Kier alpha value is -0.570. The predicted molar refractivity (Wildman–Crippen MR) is 105 cm³/mol. The molecule has 6 nitrogen and oxygen atoms in total. The molecule has 0 aliphatic carbocycles. The number of piperidine rings is 1. The maximum absolute atomic E-state index is 11.4. The van der Waals surface area contributed by atoms with Gasteiger partial charge in [-0.05, 0) is 39.8 Å². The van der Waals surface area contributed by atoms with Crippen LogP contribution in [0.15, 0.2) is 4.99 Å². The van der Waals surface area contributed by atoms with Crippen molar-refractivity contribution >= 4 is 35.9 Å². The van der Waals surface area contributed by atoms with Gasteiger partial charge >= 0.3 is 5.97 Å². The van der Waals surface area contributed by atoms with Crippen LogP contribution in [0.5, 0.6) is 0 Å². The topological polar surface area (TPSA) is 66.0 Å². The molecule has 2 N–H and O–H groups in total. The third-order valence-electron chi connectivity index (χ3n) is 4.30. The van der Waals surface area contributed by atoms with Crippen molar-refractivity contribution in [3.63, 3.8) is 0 Å². The number of nitrogens with one attached hydrogen (secondary N) is 2. The fourth-order valence-electron chi connectivity index (χ4n) is 2.67.